The van der Waals surface area contributed by atoms with Crippen molar-refractivity contribution in [1.29, 1.82) is 0 Å². The van der Waals surface area contributed by atoms with Gasteiger partial charge in [-0.3, -0.25) is 14.4 Å². The molecule has 7 nitrogen and oxygen atoms in total. The van der Waals surface area contributed by atoms with Crippen LogP contribution in [-0.4, -0.2) is 64.1 Å². The largest absolute Gasteiger partial charge is 0.483 e. The lowest BCUT2D eigenvalue weighted by Crippen LogP contribution is -2.39. The van der Waals surface area contributed by atoms with Gasteiger partial charge < -0.3 is 14.7 Å². The number of aryl methyl sites for hydroxylation is 1. The van der Waals surface area contributed by atoms with Crippen LogP contribution in [0.25, 0.3) is 0 Å². The molecule has 1 fully saturated rings. The molecule has 1 saturated heterocycles. The van der Waals surface area contributed by atoms with Gasteiger partial charge in [0.25, 0.3) is 0 Å². The molecule has 132 valence electrons. The number of ether oxygens (including phenoxy) is 1. The van der Waals surface area contributed by atoms with Crippen molar-refractivity contribution in [2.75, 3.05) is 31.1 Å². The van der Waals surface area contributed by atoms with Crippen molar-refractivity contribution < 1.29 is 14.6 Å². The number of hydrogen-bond donors (Lipinski definition) is 1. The molecule has 3 heterocycles. The summed E-state index contributed by atoms with van der Waals surface area (Å²) in [5, 5.41) is 14.3. The minimum Gasteiger partial charge on any atom is -0.483 e. The van der Waals surface area contributed by atoms with E-state index in [1.165, 1.54) is 5.56 Å². The van der Waals surface area contributed by atoms with E-state index >= 15 is 0 Å². The summed E-state index contributed by atoms with van der Waals surface area (Å²) in [5.41, 5.74) is 2.23. The molecule has 0 radical (unpaired) electrons. The minimum absolute atomic E-state index is 0.0687. The summed E-state index contributed by atoms with van der Waals surface area (Å²) in [4.78, 5) is 16.5. The Hall–Kier alpha value is -2.38. The van der Waals surface area contributed by atoms with Crippen molar-refractivity contribution in [2.24, 2.45) is 7.05 Å². The van der Waals surface area contributed by atoms with E-state index in [0.29, 0.717) is 18.8 Å². The van der Waals surface area contributed by atoms with E-state index in [4.69, 9.17) is 4.74 Å². The number of likely N-dealkylation sites (tertiary alicyclic amines) is 1. The predicted octanol–water partition coefficient (Wildman–Crippen LogP) is 0.433. The summed E-state index contributed by atoms with van der Waals surface area (Å²) < 4.78 is 7.46. The number of aliphatic hydroxyl groups excluding tert-OH is 1. The number of β-amino-alcohol motifs (C(OH)–C–C–N with tert-alkyl or cyclic N) is 1. The van der Waals surface area contributed by atoms with Crippen molar-refractivity contribution in [3.63, 3.8) is 0 Å². The molecule has 0 saturated carbocycles. The molecule has 1 N–H and O–H groups in total. The zero-order valence-electron chi connectivity index (χ0n) is 14.2. The third kappa shape index (κ3) is 3.25. The SMILES string of the molecule is Cn1cc(O[C@@H]2CN(CC(=O)N3CCc4ccccc43)C[C@H]2O)cn1. The van der Waals surface area contributed by atoms with Crippen molar-refractivity contribution >= 4 is 11.6 Å². The zero-order valence-corrected chi connectivity index (χ0v) is 14.2. The minimum atomic E-state index is -0.612. The van der Waals surface area contributed by atoms with Gasteiger partial charge in [-0.15, -0.1) is 0 Å². The number of anilines is 1. The lowest BCUT2D eigenvalue weighted by Gasteiger charge is -2.21. The topological polar surface area (TPSA) is 70.8 Å². The number of rotatable bonds is 4. The third-order valence-corrected chi connectivity index (χ3v) is 4.83. The number of aliphatic hydroxyl groups is 1. The fourth-order valence-corrected chi connectivity index (χ4v) is 3.59. The normalized spacial score (nSPS) is 23.0. The molecule has 2 aliphatic rings. The highest BCUT2D eigenvalue weighted by Crippen LogP contribution is 2.28. The van der Waals surface area contributed by atoms with Gasteiger partial charge in [0.2, 0.25) is 5.91 Å². The third-order valence-electron chi connectivity index (χ3n) is 4.83. The number of carbonyl (C=O) groups is 1. The number of benzene rings is 1. The van der Waals surface area contributed by atoms with Gasteiger partial charge in [-0.25, -0.2) is 0 Å². The van der Waals surface area contributed by atoms with Crippen LogP contribution in [0.5, 0.6) is 5.75 Å². The van der Waals surface area contributed by atoms with Gasteiger partial charge in [0.05, 0.1) is 18.9 Å². The van der Waals surface area contributed by atoms with E-state index in [1.54, 1.807) is 17.1 Å². The first kappa shape index (κ1) is 16.1. The van der Waals surface area contributed by atoms with E-state index in [2.05, 4.69) is 11.2 Å². The molecule has 0 unspecified atom stereocenters. The van der Waals surface area contributed by atoms with E-state index in [9.17, 15) is 9.90 Å². The Morgan fingerprint density at radius 1 is 1.36 bits per heavy atom. The molecular weight excluding hydrogens is 320 g/mol. The second-order valence-corrected chi connectivity index (χ2v) is 6.69. The Kier molecular flexibility index (Phi) is 4.19. The molecule has 7 heteroatoms. The maximum Gasteiger partial charge on any atom is 0.241 e. The fraction of sp³-hybridized carbons (Fsp3) is 0.444. The van der Waals surface area contributed by atoms with Gasteiger partial charge in [0.1, 0.15) is 12.2 Å². The van der Waals surface area contributed by atoms with Gasteiger partial charge in [0, 0.05) is 32.4 Å². The number of para-hydroxylation sites is 1. The van der Waals surface area contributed by atoms with E-state index in [-0.39, 0.29) is 18.6 Å². The van der Waals surface area contributed by atoms with Crippen LogP contribution in [0.3, 0.4) is 0 Å². The number of aromatic nitrogens is 2. The quantitative estimate of drug-likeness (QED) is 0.873. The van der Waals surface area contributed by atoms with Crippen LogP contribution < -0.4 is 9.64 Å². The van der Waals surface area contributed by atoms with Gasteiger partial charge in [-0.05, 0) is 18.1 Å². The Morgan fingerprint density at radius 2 is 2.20 bits per heavy atom. The predicted molar refractivity (Wildman–Crippen MR) is 92.6 cm³/mol. The highest BCUT2D eigenvalue weighted by molar-refractivity contribution is 5.96. The maximum atomic E-state index is 12.7. The number of carbonyl (C=O) groups excluding carboxylic acids is 1. The average molecular weight is 342 g/mol. The summed E-state index contributed by atoms with van der Waals surface area (Å²) in [6.45, 7) is 1.98. The molecule has 2 aromatic rings. The van der Waals surface area contributed by atoms with Crippen LogP contribution in [0.2, 0.25) is 0 Å². The molecule has 1 amide bonds. The summed E-state index contributed by atoms with van der Waals surface area (Å²) >= 11 is 0. The Labute approximate surface area is 146 Å². The van der Waals surface area contributed by atoms with Gasteiger partial charge >= 0.3 is 0 Å². The zero-order chi connectivity index (χ0) is 17.4. The average Bonchev–Trinajstić information content (AvgIpc) is 3.27. The van der Waals surface area contributed by atoms with Crippen molar-refractivity contribution in [3.05, 3.63) is 42.2 Å². The first-order chi connectivity index (χ1) is 12.1. The van der Waals surface area contributed by atoms with Crippen LogP contribution in [0.1, 0.15) is 5.56 Å². The first-order valence-corrected chi connectivity index (χ1v) is 8.54. The van der Waals surface area contributed by atoms with Crippen LogP contribution in [0.15, 0.2) is 36.7 Å². The number of nitrogens with zero attached hydrogens (tertiary/aromatic N) is 4. The van der Waals surface area contributed by atoms with Crippen LogP contribution in [0.4, 0.5) is 5.69 Å². The van der Waals surface area contributed by atoms with E-state index in [1.807, 2.05) is 35.0 Å². The molecule has 25 heavy (non-hydrogen) atoms. The fourth-order valence-electron chi connectivity index (χ4n) is 3.59. The molecule has 2 aliphatic heterocycles. The van der Waals surface area contributed by atoms with Crippen LogP contribution in [-0.2, 0) is 18.3 Å². The molecule has 0 bridgehead atoms. The Balaban J connectivity index is 1.36. The lowest BCUT2D eigenvalue weighted by atomic mass is 10.2. The summed E-state index contributed by atoms with van der Waals surface area (Å²) in [7, 11) is 1.82. The molecule has 1 aromatic carbocycles. The smallest absolute Gasteiger partial charge is 0.241 e. The summed E-state index contributed by atoms with van der Waals surface area (Å²) in [5.74, 6) is 0.701. The standard InChI is InChI=1S/C18H22N4O3/c1-20-9-14(8-19-20)25-17-11-21(10-16(17)23)12-18(24)22-7-6-13-4-2-3-5-15(13)22/h2-5,8-9,16-17,23H,6-7,10-12H2,1H3/t16-,17-/m1/s1. The molecule has 1 aromatic heterocycles. The Morgan fingerprint density at radius 3 is 3.00 bits per heavy atom. The van der Waals surface area contributed by atoms with Crippen molar-refractivity contribution in [1.82, 2.24) is 14.7 Å². The molecule has 0 spiro atoms. The van der Waals surface area contributed by atoms with Gasteiger partial charge in [-0.1, -0.05) is 18.2 Å². The van der Waals surface area contributed by atoms with Gasteiger partial charge in [0.15, 0.2) is 5.75 Å². The monoisotopic (exact) mass is 342 g/mol. The highest BCUT2D eigenvalue weighted by atomic mass is 16.5. The molecule has 0 aliphatic carbocycles. The van der Waals surface area contributed by atoms with Crippen molar-refractivity contribution in [3.8, 4) is 5.75 Å². The molecular formula is C18H22N4O3. The van der Waals surface area contributed by atoms with Gasteiger partial charge in [-0.2, -0.15) is 5.10 Å². The van der Waals surface area contributed by atoms with E-state index < -0.39 is 6.10 Å². The van der Waals surface area contributed by atoms with E-state index in [0.717, 1.165) is 18.7 Å². The number of amides is 1. The molecule has 2 atom stereocenters. The van der Waals surface area contributed by atoms with Crippen LogP contribution in [0, 0.1) is 0 Å². The Bertz CT molecular complexity index is 775. The summed E-state index contributed by atoms with van der Waals surface area (Å²) in [6, 6.07) is 8.03. The molecule has 4 rings (SSSR count). The van der Waals surface area contributed by atoms with Crippen molar-refractivity contribution in [2.45, 2.75) is 18.6 Å². The summed E-state index contributed by atoms with van der Waals surface area (Å²) in [6.07, 6.45) is 3.34. The second kappa shape index (κ2) is 6.50. The number of fused-ring (bicyclic) bond motifs is 1. The van der Waals surface area contributed by atoms with Crippen LogP contribution >= 0.6 is 0 Å². The maximum absolute atomic E-state index is 12.7. The lowest BCUT2D eigenvalue weighted by molar-refractivity contribution is -0.119. The highest BCUT2D eigenvalue weighted by Gasteiger charge is 2.35. The number of hydrogen-bond acceptors (Lipinski definition) is 5. The second-order valence-electron chi connectivity index (χ2n) is 6.69. The first-order valence-electron chi connectivity index (χ1n) is 8.54.